The van der Waals surface area contributed by atoms with Crippen LogP contribution in [0, 0.1) is 0 Å². The maximum Gasteiger partial charge on any atom is 0.493 e. The molecule has 2 aromatic carbocycles. The second-order valence-electron chi connectivity index (χ2n) is 5.11. The molecule has 5 heteroatoms. The van der Waals surface area contributed by atoms with Crippen LogP contribution >= 0.6 is 0 Å². The number of hydrogen-bond acceptors (Lipinski definition) is 4. The Balaban J connectivity index is 1.75. The van der Waals surface area contributed by atoms with Crippen molar-refractivity contribution in [2.75, 3.05) is 20.3 Å². The summed E-state index contributed by atoms with van der Waals surface area (Å²) in [6, 6.07) is 15.8. The maximum atomic E-state index is 5.91. The third-order valence-electron chi connectivity index (χ3n) is 3.52. The van der Waals surface area contributed by atoms with Crippen LogP contribution in [0.25, 0.3) is 0 Å². The van der Waals surface area contributed by atoms with Crippen LogP contribution in [0.5, 0.6) is 11.5 Å². The number of hydrogen-bond donors (Lipinski definition) is 0. The molecule has 4 nitrogen and oxygen atoms in total. The van der Waals surface area contributed by atoms with E-state index in [1.165, 1.54) is 0 Å². The molecule has 1 saturated heterocycles. The van der Waals surface area contributed by atoms with Gasteiger partial charge in [-0.2, -0.15) is 0 Å². The molecule has 114 valence electrons. The lowest BCUT2D eigenvalue weighted by Gasteiger charge is -2.21. The first-order valence-electron chi connectivity index (χ1n) is 7.44. The molecule has 0 bridgehead atoms. The van der Waals surface area contributed by atoms with Crippen LogP contribution < -0.4 is 14.9 Å². The molecule has 0 atom stereocenters. The van der Waals surface area contributed by atoms with E-state index in [0.29, 0.717) is 18.1 Å². The fraction of sp³-hybridized carbons (Fsp3) is 0.294. The van der Waals surface area contributed by atoms with E-state index in [4.69, 9.17) is 18.8 Å². The van der Waals surface area contributed by atoms with Crippen molar-refractivity contribution in [3.63, 3.8) is 0 Å². The van der Waals surface area contributed by atoms with Gasteiger partial charge >= 0.3 is 7.12 Å². The van der Waals surface area contributed by atoms with E-state index in [2.05, 4.69) is 0 Å². The Morgan fingerprint density at radius 3 is 2.50 bits per heavy atom. The Kier molecular flexibility index (Phi) is 4.98. The van der Waals surface area contributed by atoms with Crippen molar-refractivity contribution in [3.8, 4) is 11.5 Å². The normalized spacial score (nSPS) is 14.7. The van der Waals surface area contributed by atoms with Crippen molar-refractivity contribution in [3.05, 3.63) is 54.1 Å². The van der Waals surface area contributed by atoms with Crippen molar-refractivity contribution in [2.24, 2.45) is 0 Å². The van der Waals surface area contributed by atoms with Crippen LogP contribution in [-0.4, -0.2) is 27.4 Å². The predicted molar refractivity (Wildman–Crippen MR) is 85.7 cm³/mol. The molecule has 1 aliphatic rings. The van der Waals surface area contributed by atoms with E-state index in [1.54, 1.807) is 7.11 Å². The molecule has 0 aliphatic carbocycles. The van der Waals surface area contributed by atoms with Crippen molar-refractivity contribution in [2.45, 2.75) is 13.0 Å². The summed E-state index contributed by atoms with van der Waals surface area (Å²) in [6.45, 7) is 1.93. The minimum absolute atomic E-state index is 0.321. The zero-order valence-corrected chi connectivity index (χ0v) is 12.7. The first-order chi connectivity index (χ1) is 10.9. The molecule has 0 N–H and O–H groups in total. The Morgan fingerprint density at radius 1 is 1.00 bits per heavy atom. The molecule has 22 heavy (non-hydrogen) atoms. The van der Waals surface area contributed by atoms with Gasteiger partial charge in [-0.05, 0) is 29.6 Å². The molecule has 2 aromatic rings. The molecule has 0 radical (unpaired) electrons. The van der Waals surface area contributed by atoms with Crippen molar-refractivity contribution in [1.29, 1.82) is 0 Å². The van der Waals surface area contributed by atoms with Gasteiger partial charge in [-0.15, -0.1) is 0 Å². The molecule has 0 aromatic heterocycles. The summed E-state index contributed by atoms with van der Waals surface area (Å²) in [5, 5.41) is 0. The highest BCUT2D eigenvalue weighted by atomic mass is 16.6. The summed E-state index contributed by atoms with van der Waals surface area (Å²) in [5.74, 6) is 1.40. The van der Waals surface area contributed by atoms with Crippen LogP contribution in [0.3, 0.4) is 0 Å². The number of rotatable bonds is 5. The Morgan fingerprint density at radius 2 is 1.77 bits per heavy atom. The third-order valence-corrected chi connectivity index (χ3v) is 3.52. The quantitative estimate of drug-likeness (QED) is 0.794. The van der Waals surface area contributed by atoms with Crippen molar-refractivity contribution in [1.82, 2.24) is 0 Å². The molecule has 0 spiro atoms. The second-order valence-corrected chi connectivity index (χ2v) is 5.11. The summed E-state index contributed by atoms with van der Waals surface area (Å²) in [4.78, 5) is 0. The van der Waals surface area contributed by atoms with Gasteiger partial charge in [0.05, 0.1) is 7.11 Å². The molecular weight excluding hydrogens is 279 g/mol. The Hall–Kier alpha value is -1.98. The zero-order chi connectivity index (χ0) is 15.2. The van der Waals surface area contributed by atoms with E-state index >= 15 is 0 Å². The van der Waals surface area contributed by atoms with Gasteiger partial charge in [0.1, 0.15) is 6.61 Å². The lowest BCUT2D eigenvalue weighted by atomic mass is 9.78. The first-order valence-corrected chi connectivity index (χ1v) is 7.44. The second kappa shape index (κ2) is 7.34. The highest BCUT2D eigenvalue weighted by molar-refractivity contribution is 6.61. The first kappa shape index (κ1) is 14.9. The molecule has 1 fully saturated rings. The fourth-order valence-corrected chi connectivity index (χ4v) is 2.37. The summed E-state index contributed by atoms with van der Waals surface area (Å²) in [6.07, 6.45) is 0.935. The number of benzene rings is 2. The van der Waals surface area contributed by atoms with E-state index in [0.717, 1.165) is 30.7 Å². The number of ether oxygens (including phenoxy) is 2. The van der Waals surface area contributed by atoms with Gasteiger partial charge in [0, 0.05) is 13.2 Å². The maximum absolute atomic E-state index is 5.91. The van der Waals surface area contributed by atoms with E-state index in [1.807, 2.05) is 48.5 Å². The van der Waals surface area contributed by atoms with Gasteiger partial charge < -0.3 is 18.8 Å². The Bertz CT molecular complexity index is 597. The topological polar surface area (TPSA) is 36.9 Å². The zero-order valence-electron chi connectivity index (χ0n) is 12.7. The average molecular weight is 298 g/mol. The summed E-state index contributed by atoms with van der Waals surface area (Å²) in [5.41, 5.74) is 2.06. The molecule has 1 heterocycles. The van der Waals surface area contributed by atoms with Gasteiger partial charge in [0.2, 0.25) is 0 Å². The molecule has 0 saturated carbocycles. The minimum atomic E-state index is -0.321. The lowest BCUT2D eigenvalue weighted by molar-refractivity contribution is 0.143. The van der Waals surface area contributed by atoms with Gasteiger partial charge in [0.25, 0.3) is 0 Å². The average Bonchev–Trinajstić information content (AvgIpc) is 2.61. The summed E-state index contributed by atoms with van der Waals surface area (Å²) < 4.78 is 22.6. The highest BCUT2D eigenvalue weighted by Gasteiger charge is 2.25. The summed E-state index contributed by atoms with van der Waals surface area (Å²) >= 11 is 0. The van der Waals surface area contributed by atoms with Crippen molar-refractivity contribution < 1.29 is 18.8 Å². The van der Waals surface area contributed by atoms with Crippen LogP contribution in [0.1, 0.15) is 12.0 Å². The molecular formula is C17H19BO4. The standard InChI is InChI=1S/C17H19BO4/c1-19-16-9-8-15(18-21-10-5-11-22-18)12-17(16)20-13-14-6-3-2-4-7-14/h2-4,6-9,12H,5,10-11,13H2,1H3. The molecule has 0 amide bonds. The highest BCUT2D eigenvalue weighted by Crippen LogP contribution is 2.26. The summed E-state index contributed by atoms with van der Waals surface area (Å²) in [7, 11) is 1.32. The van der Waals surface area contributed by atoms with Crippen LogP contribution in [0.15, 0.2) is 48.5 Å². The monoisotopic (exact) mass is 298 g/mol. The lowest BCUT2D eigenvalue weighted by Crippen LogP contribution is -2.40. The minimum Gasteiger partial charge on any atom is -0.493 e. The van der Waals surface area contributed by atoms with Gasteiger partial charge in [-0.1, -0.05) is 36.4 Å². The van der Waals surface area contributed by atoms with E-state index in [-0.39, 0.29) is 7.12 Å². The van der Waals surface area contributed by atoms with Gasteiger partial charge in [0.15, 0.2) is 11.5 Å². The predicted octanol–water partition coefficient (Wildman–Crippen LogP) is 2.41. The van der Waals surface area contributed by atoms with E-state index in [9.17, 15) is 0 Å². The molecule has 0 unspecified atom stereocenters. The third kappa shape index (κ3) is 3.61. The van der Waals surface area contributed by atoms with Gasteiger partial charge in [-0.3, -0.25) is 0 Å². The SMILES string of the molecule is COc1ccc(B2OCCCO2)cc1OCc1ccccc1. The Labute approximate surface area is 131 Å². The molecule has 3 rings (SSSR count). The van der Waals surface area contributed by atoms with Crippen LogP contribution in [0.4, 0.5) is 0 Å². The van der Waals surface area contributed by atoms with Crippen LogP contribution in [0.2, 0.25) is 0 Å². The van der Waals surface area contributed by atoms with Crippen LogP contribution in [-0.2, 0) is 15.9 Å². The van der Waals surface area contributed by atoms with E-state index < -0.39 is 0 Å². The van der Waals surface area contributed by atoms with Crippen molar-refractivity contribution >= 4 is 12.6 Å². The smallest absolute Gasteiger partial charge is 0.493 e. The molecule has 1 aliphatic heterocycles. The number of methoxy groups -OCH3 is 1. The van der Waals surface area contributed by atoms with Gasteiger partial charge in [-0.25, -0.2) is 0 Å². The fourth-order valence-electron chi connectivity index (χ4n) is 2.37. The largest absolute Gasteiger partial charge is 0.493 e.